The molecule has 1 N–H and O–H groups in total. The molecular weight excluding hydrogens is 164 g/mol. The predicted octanol–water partition coefficient (Wildman–Crippen LogP) is 1.77. The van der Waals surface area contributed by atoms with Gasteiger partial charge in [0.1, 0.15) is 18.5 Å². The lowest BCUT2D eigenvalue weighted by Crippen LogP contribution is -1.97. The fourth-order valence-corrected chi connectivity index (χ4v) is 1.35. The third-order valence-corrected chi connectivity index (χ3v) is 1.96. The molecular formula is C8H7ClO2. The highest BCUT2D eigenvalue weighted by molar-refractivity contribution is 6.30. The van der Waals surface area contributed by atoms with Gasteiger partial charge in [0.25, 0.3) is 0 Å². The maximum absolute atomic E-state index is 9.32. The highest BCUT2D eigenvalue weighted by atomic mass is 35.5. The van der Waals surface area contributed by atoms with Crippen LogP contribution in [0.5, 0.6) is 5.75 Å². The minimum Gasteiger partial charge on any atom is -0.490 e. The van der Waals surface area contributed by atoms with Gasteiger partial charge in [-0.25, -0.2) is 0 Å². The van der Waals surface area contributed by atoms with E-state index in [9.17, 15) is 5.11 Å². The fraction of sp³-hybridized carbons (Fsp3) is 0.250. The Bertz CT molecular complexity index is 285. The molecule has 1 atom stereocenters. The molecule has 0 unspecified atom stereocenters. The topological polar surface area (TPSA) is 29.5 Å². The summed E-state index contributed by atoms with van der Waals surface area (Å²) >= 11 is 5.72. The van der Waals surface area contributed by atoms with Crippen LogP contribution in [-0.2, 0) is 0 Å². The molecule has 1 aliphatic rings. The lowest BCUT2D eigenvalue weighted by molar-refractivity contribution is 0.140. The van der Waals surface area contributed by atoms with Crippen molar-refractivity contribution in [3.05, 3.63) is 28.8 Å². The van der Waals surface area contributed by atoms with Crippen LogP contribution in [0.1, 0.15) is 11.7 Å². The Labute approximate surface area is 69.4 Å². The molecule has 0 aliphatic carbocycles. The van der Waals surface area contributed by atoms with Gasteiger partial charge in [-0.15, -0.1) is 0 Å². The first-order valence-electron chi connectivity index (χ1n) is 3.37. The van der Waals surface area contributed by atoms with Crippen LogP contribution in [-0.4, -0.2) is 11.7 Å². The van der Waals surface area contributed by atoms with Crippen molar-refractivity contribution in [3.63, 3.8) is 0 Å². The summed E-state index contributed by atoms with van der Waals surface area (Å²) in [5, 5.41) is 9.95. The maximum Gasteiger partial charge on any atom is 0.125 e. The smallest absolute Gasteiger partial charge is 0.125 e. The van der Waals surface area contributed by atoms with Crippen molar-refractivity contribution in [2.45, 2.75) is 6.10 Å². The van der Waals surface area contributed by atoms with Crippen LogP contribution in [0.3, 0.4) is 0 Å². The van der Waals surface area contributed by atoms with E-state index >= 15 is 0 Å². The molecule has 1 aliphatic heterocycles. The Morgan fingerprint density at radius 2 is 2.36 bits per heavy atom. The standard InChI is InChI=1S/C8H7ClO2/c9-5-1-2-8-6(3-5)7(10)4-11-8/h1-3,7,10H,4H2/t7-/m1/s1. The molecule has 0 amide bonds. The zero-order valence-corrected chi connectivity index (χ0v) is 6.51. The van der Waals surface area contributed by atoms with E-state index in [1.165, 1.54) is 0 Å². The number of fused-ring (bicyclic) bond motifs is 1. The average Bonchev–Trinajstić information content (AvgIpc) is 2.33. The van der Waals surface area contributed by atoms with Crippen molar-refractivity contribution in [1.29, 1.82) is 0 Å². The van der Waals surface area contributed by atoms with Crippen molar-refractivity contribution in [1.82, 2.24) is 0 Å². The molecule has 3 heteroatoms. The third kappa shape index (κ3) is 1.08. The number of halogens is 1. The number of aliphatic hydroxyl groups is 1. The highest BCUT2D eigenvalue weighted by Crippen LogP contribution is 2.33. The fourth-order valence-electron chi connectivity index (χ4n) is 1.17. The second-order valence-electron chi connectivity index (χ2n) is 2.51. The van der Waals surface area contributed by atoms with Gasteiger partial charge in [-0.05, 0) is 18.2 Å². The molecule has 0 saturated carbocycles. The van der Waals surface area contributed by atoms with Gasteiger partial charge in [-0.2, -0.15) is 0 Å². The Morgan fingerprint density at radius 1 is 1.55 bits per heavy atom. The molecule has 2 nitrogen and oxygen atoms in total. The van der Waals surface area contributed by atoms with Crippen molar-refractivity contribution < 1.29 is 9.84 Å². The molecule has 0 fully saturated rings. The quantitative estimate of drug-likeness (QED) is 0.643. The molecule has 0 aromatic heterocycles. The van der Waals surface area contributed by atoms with Gasteiger partial charge in [0.05, 0.1) is 0 Å². The minimum absolute atomic E-state index is 0.343. The van der Waals surface area contributed by atoms with Crippen molar-refractivity contribution in [3.8, 4) is 5.75 Å². The summed E-state index contributed by atoms with van der Waals surface area (Å²) in [6.07, 6.45) is -0.510. The summed E-state index contributed by atoms with van der Waals surface area (Å²) in [7, 11) is 0. The Morgan fingerprint density at radius 3 is 3.18 bits per heavy atom. The van der Waals surface area contributed by atoms with Gasteiger partial charge in [-0.1, -0.05) is 11.6 Å². The SMILES string of the molecule is O[C@@H]1COc2ccc(Cl)cc21. The van der Waals surface area contributed by atoms with Crippen LogP contribution < -0.4 is 4.74 Å². The van der Waals surface area contributed by atoms with Crippen LogP contribution in [0, 0.1) is 0 Å². The van der Waals surface area contributed by atoms with E-state index in [1.54, 1.807) is 18.2 Å². The molecule has 0 bridgehead atoms. The summed E-state index contributed by atoms with van der Waals surface area (Å²) in [5.74, 6) is 0.738. The lowest BCUT2D eigenvalue weighted by atomic mass is 10.1. The van der Waals surface area contributed by atoms with E-state index in [1.807, 2.05) is 0 Å². The van der Waals surface area contributed by atoms with E-state index in [2.05, 4.69) is 0 Å². The Hall–Kier alpha value is -0.730. The number of benzene rings is 1. The molecule has 0 radical (unpaired) electrons. The van der Waals surface area contributed by atoms with Gasteiger partial charge in [0.2, 0.25) is 0 Å². The number of ether oxygens (including phenoxy) is 1. The van der Waals surface area contributed by atoms with E-state index in [0.717, 1.165) is 11.3 Å². The van der Waals surface area contributed by atoms with Crippen LogP contribution in [0.15, 0.2) is 18.2 Å². The Balaban J connectivity index is 2.52. The second-order valence-corrected chi connectivity index (χ2v) is 2.95. The van der Waals surface area contributed by atoms with Gasteiger partial charge in [-0.3, -0.25) is 0 Å². The maximum atomic E-state index is 9.32. The van der Waals surface area contributed by atoms with Crippen molar-refractivity contribution >= 4 is 11.6 Å². The zero-order valence-electron chi connectivity index (χ0n) is 5.75. The highest BCUT2D eigenvalue weighted by Gasteiger charge is 2.21. The van der Waals surface area contributed by atoms with Gasteiger partial charge >= 0.3 is 0 Å². The summed E-state index contributed by atoms with van der Waals surface area (Å²) in [6.45, 7) is 0.343. The normalized spacial score (nSPS) is 21.1. The number of hydrogen-bond acceptors (Lipinski definition) is 2. The second kappa shape index (κ2) is 2.40. The van der Waals surface area contributed by atoms with E-state index in [-0.39, 0.29) is 0 Å². The third-order valence-electron chi connectivity index (χ3n) is 1.73. The molecule has 2 rings (SSSR count). The molecule has 1 aromatic carbocycles. The molecule has 58 valence electrons. The molecule has 0 saturated heterocycles. The molecule has 1 aromatic rings. The number of hydrogen-bond donors (Lipinski definition) is 1. The van der Waals surface area contributed by atoms with E-state index in [4.69, 9.17) is 16.3 Å². The Kier molecular flexibility index (Phi) is 1.51. The summed E-state index contributed by atoms with van der Waals surface area (Å²) in [6, 6.07) is 5.25. The summed E-state index contributed by atoms with van der Waals surface area (Å²) < 4.78 is 5.16. The van der Waals surface area contributed by atoms with Crippen LogP contribution in [0.4, 0.5) is 0 Å². The van der Waals surface area contributed by atoms with Crippen molar-refractivity contribution in [2.75, 3.05) is 6.61 Å². The molecule has 1 heterocycles. The lowest BCUT2D eigenvalue weighted by Gasteiger charge is -1.98. The van der Waals surface area contributed by atoms with Crippen LogP contribution in [0.2, 0.25) is 5.02 Å². The molecule has 11 heavy (non-hydrogen) atoms. The summed E-state index contributed by atoms with van der Waals surface area (Å²) in [5.41, 5.74) is 0.789. The van der Waals surface area contributed by atoms with Gasteiger partial charge in [0, 0.05) is 10.6 Å². The van der Waals surface area contributed by atoms with E-state index < -0.39 is 6.10 Å². The number of aliphatic hydroxyl groups excluding tert-OH is 1. The zero-order chi connectivity index (χ0) is 7.84. The first kappa shape index (κ1) is 6.95. The first-order chi connectivity index (χ1) is 5.27. The van der Waals surface area contributed by atoms with Crippen LogP contribution in [0.25, 0.3) is 0 Å². The predicted molar refractivity (Wildman–Crippen MR) is 41.9 cm³/mol. The van der Waals surface area contributed by atoms with Gasteiger partial charge in [0.15, 0.2) is 0 Å². The average molecular weight is 171 g/mol. The van der Waals surface area contributed by atoms with E-state index in [0.29, 0.717) is 11.6 Å². The number of rotatable bonds is 0. The minimum atomic E-state index is -0.510. The van der Waals surface area contributed by atoms with Crippen molar-refractivity contribution in [2.24, 2.45) is 0 Å². The largest absolute Gasteiger partial charge is 0.490 e. The monoisotopic (exact) mass is 170 g/mol. The first-order valence-corrected chi connectivity index (χ1v) is 3.75. The van der Waals surface area contributed by atoms with Crippen LogP contribution >= 0.6 is 11.6 Å². The summed E-state index contributed by atoms with van der Waals surface area (Å²) in [4.78, 5) is 0. The van der Waals surface area contributed by atoms with Gasteiger partial charge < -0.3 is 9.84 Å². The molecule has 0 spiro atoms.